The minimum absolute atomic E-state index is 0.0797. The highest BCUT2D eigenvalue weighted by atomic mass is 16.3. The van der Waals surface area contributed by atoms with Crippen molar-refractivity contribution in [3.05, 3.63) is 11.6 Å². The van der Waals surface area contributed by atoms with Gasteiger partial charge in [0, 0.05) is 17.4 Å². The van der Waals surface area contributed by atoms with Gasteiger partial charge >= 0.3 is 0 Å². The first kappa shape index (κ1) is 16.9. The molecule has 3 atom stereocenters. The molecule has 2 fully saturated rings. The molecule has 3 aliphatic carbocycles. The summed E-state index contributed by atoms with van der Waals surface area (Å²) in [6.45, 7) is 8.40. The summed E-state index contributed by atoms with van der Waals surface area (Å²) in [5.74, 6) is 0.525. The van der Waals surface area contributed by atoms with E-state index in [0.29, 0.717) is 18.4 Å². The van der Waals surface area contributed by atoms with Crippen LogP contribution in [-0.2, 0) is 9.59 Å². The number of fused-ring (bicyclic) bond motifs is 1. The van der Waals surface area contributed by atoms with Crippen molar-refractivity contribution in [2.45, 2.75) is 78.2 Å². The van der Waals surface area contributed by atoms with Crippen LogP contribution >= 0.6 is 0 Å². The Hall–Kier alpha value is -0.960. The molecule has 3 nitrogen and oxygen atoms in total. The zero-order chi connectivity index (χ0) is 17.0. The smallest absolute Gasteiger partial charge is 0.162 e. The average molecular weight is 318 g/mol. The van der Waals surface area contributed by atoms with Crippen LogP contribution < -0.4 is 0 Å². The van der Waals surface area contributed by atoms with Gasteiger partial charge in [-0.2, -0.15) is 0 Å². The van der Waals surface area contributed by atoms with Crippen LogP contribution in [0.2, 0.25) is 0 Å². The number of aliphatic hydroxyl groups is 1. The van der Waals surface area contributed by atoms with Crippen LogP contribution in [-0.4, -0.2) is 22.3 Å². The maximum absolute atomic E-state index is 12.9. The summed E-state index contributed by atoms with van der Waals surface area (Å²) in [5, 5.41) is 11.3. The van der Waals surface area contributed by atoms with Crippen LogP contribution in [0.1, 0.15) is 72.6 Å². The number of carbonyl (C=O) groups is 2. The SMILES string of the molecule is CC(C)C1=CC(=O)C2(CCC3C(C)(C)CCCC3(O)C2)CC1=O. The van der Waals surface area contributed by atoms with E-state index in [9.17, 15) is 14.7 Å². The van der Waals surface area contributed by atoms with Crippen molar-refractivity contribution in [2.24, 2.45) is 22.7 Å². The molecule has 0 bridgehead atoms. The Labute approximate surface area is 139 Å². The Bertz CT molecular complexity index is 571. The predicted molar refractivity (Wildman–Crippen MR) is 89.9 cm³/mol. The van der Waals surface area contributed by atoms with E-state index in [1.807, 2.05) is 13.8 Å². The lowest BCUT2D eigenvalue weighted by atomic mass is 9.49. The average Bonchev–Trinajstić information content (AvgIpc) is 2.41. The number of rotatable bonds is 1. The second-order valence-corrected chi connectivity index (χ2v) is 9.21. The van der Waals surface area contributed by atoms with E-state index in [2.05, 4.69) is 13.8 Å². The Morgan fingerprint density at radius 2 is 1.87 bits per heavy atom. The maximum Gasteiger partial charge on any atom is 0.162 e. The maximum atomic E-state index is 12.9. The standard InChI is InChI=1S/C20H30O3/c1-13(2)14-10-17(22)19(11-15(14)21)9-6-16-18(3,4)7-5-8-20(16,23)12-19/h10,13,16,23H,5-9,11-12H2,1-4H3. The quantitative estimate of drug-likeness (QED) is 0.799. The number of ketones is 2. The fraction of sp³-hybridized carbons (Fsp3) is 0.800. The van der Waals surface area contributed by atoms with Gasteiger partial charge < -0.3 is 5.11 Å². The Balaban J connectivity index is 1.92. The molecule has 128 valence electrons. The van der Waals surface area contributed by atoms with Crippen LogP contribution in [0.3, 0.4) is 0 Å². The van der Waals surface area contributed by atoms with E-state index in [1.54, 1.807) is 6.08 Å². The van der Waals surface area contributed by atoms with E-state index in [-0.39, 0.29) is 28.8 Å². The Morgan fingerprint density at radius 3 is 2.52 bits per heavy atom. The van der Waals surface area contributed by atoms with Crippen molar-refractivity contribution in [3.63, 3.8) is 0 Å². The van der Waals surface area contributed by atoms with Gasteiger partial charge in [0.2, 0.25) is 0 Å². The number of Topliss-reactive ketones (excluding diaryl/α,β-unsaturated/α-hetero) is 1. The molecule has 1 N–H and O–H groups in total. The summed E-state index contributed by atoms with van der Waals surface area (Å²) in [4.78, 5) is 25.4. The van der Waals surface area contributed by atoms with E-state index < -0.39 is 11.0 Å². The summed E-state index contributed by atoms with van der Waals surface area (Å²) in [7, 11) is 0. The van der Waals surface area contributed by atoms with E-state index >= 15 is 0 Å². The largest absolute Gasteiger partial charge is 0.390 e. The molecule has 1 spiro atoms. The first-order valence-corrected chi connectivity index (χ1v) is 9.11. The molecular formula is C20H30O3. The van der Waals surface area contributed by atoms with Crippen LogP contribution in [0.5, 0.6) is 0 Å². The Kier molecular flexibility index (Phi) is 3.87. The monoisotopic (exact) mass is 318 g/mol. The van der Waals surface area contributed by atoms with Gasteiger partial charge in [0.1, 0.15) is 0 Å². The van der Waals surface area contributed by atoms with Crippen molar-refractivity contribution >= 4 is 11.6 Å². The second kappa shape index (κ2) is 5.27. The Morgan fingerprint density at radius 1 is 1.17 bits per heavy atom. The third-order valence-electron chi connectivity index (χ3n) is 6.83. The molecule has 0 radical (unpaired) electrons. The fourth-order valence-electron chi connectivity index (χ4n) is 5.61. The van der Waals surface area contributed by atoms with Crippen molar-refractivity contribution < 1.29 is 14.7 Å². The van der Waals surface area contributed by atoms with E-state index in [4.69, 9.17) is 0 Å². The van der Waals surface area contributed by atoms with Gasteiger partial charge in [0.15, 0.2) is 11.6 Å². The zero-order valence-electron chi connectivity index (χ0n) is 14.9. The number of carbonyl (C=O) groups excluding carboxylic acids is 2. The van der Waals surface area contributed by atoms with Crippen LogP contribution in [0.15, 0.2) is 11.6 Å². The lowest BCUT2D eigenvalue weighted by Crippen LogP contribution is -2.57. The van der Waals surface area contributed by atoms with E-state index in [1.165, 1.54) is 0 Å². The van der Waals surface area contributed by atoms with Gasteiger partial charge in [0.25, 0.3) is 0 Å². The van der Waals surface area contributed by atoms with E-state index in [0.717, 1.165) is 32.1 Å². The number of hydrogen-bond acceptors (Lipinski definition) is 3. The molecule has 0 aromatic heterocycles. The van der Waals surface area contributed by atoms with Gasteiger partial charge in [-0.15, -0.1) is 0 Å². The van der Waals surface area contributed by atoms with Gasteiger partial charge in [0.05, 0.1) is 5.60 Å². The molecule has 3 heteroatoms. The minimum atomic E-state index is -0.779. The highest BCUT2D eigenvalue weighted by molar-refractivity contribution is 6.11. The topological polar surface area (TPSA) is 54.4 Å². The number of hydrogen-bond donors (Lipinski definition) is 1. The van der Waals surface area contributed by atoms with Crippen LogP contribution in [0, 0.1) is 22.7 Å². The second-order valence-electron chi connectivity index (χ2n) is 9.21. The predicted octanol–water partition coefficient (Wildman–Crippen LogP) is 3.84. The van der Waals surface area contributed by atoms with Crippen LogP contribution in [0.25, 0.3) is 0 Å². The lowest BCUT2D eigenvalue weighted by Gasteiger charge is -2.57. The van der Waals surface area contributed by atoms with Crippen molar-refractivity contribution in [3.8, 4) is 0 Å². The highest BCUT2D eigenvalue weighted by Gasteiger charge is 2.58. The molecule has 3 unspecified atom stereocenters. The molecule has 0 amide bonds. The summed E-state index contributed by atoms with van der Waals surface area (Å²) >= 11 is 0. The third-order valence-corrected chi connectivity index (χ3v) is 6.83. The summed E-state index contributed by atoms with van der Waals surface area (Å²) in [6.07, 6.45) is 6.87. The highest BCUT2D eigenvalue weighted by Crippen LogP contribution is 2.59. The van der Waals surface area contributed by atoms with Crippen molar-refractivity contribution in [2.75, 3.05) is 0 Å². The van der Waals surface area contributed by atoms with Gasteiger partial charge in [-0.25, -0.2) is 0 Å². The van der Waals surface area contributed by atoms with Crippen LogP contribution in [0.4, 0.5) is 0 Å². The molecule has 0 aromatic carbocycles. The lowest BCUT2D eigenvalue weighted by molar-refractivity contribution is -0.169. The molecule has 3 rings (SSSR count). The van der Waals surface area contributed by atoms with Gasteiger partial charge in [-0.3, -0.25) is 9.59 Å². The molecular weight excluding hydrogens is 288 g/mol. The minimum Gasteiger partial charge on any atom is -0.390 e. The first-order chi connectivity index (χ1) is 10.6. The molecule has 0 heterocycles. The first-order valence-electron chi connectivity index (χ1n) is 9.11. The normalized spacial score (nSPS) is 40.3. The molecule has 3 aliphatic rings. The van der Waals surface area contributed by atoms with Gasteiger partial charge in [-0.05, 0) is 55.4 Å². The molecule has 0 saturated heterocycles. The zero-order valence-corrected chi connectivity index (χ0v) is 14.9. The number of allylic oxidation sites excluding steroid dienone is 2. The van der Waals surface area contributed by atoms with Crippen molar-refractivity contribution in [1.29, 1.82) is 0 Å². The van der Waals surface area contributed by atoms with Gasteiger partial charge in [-0.1, -0.05) is 34.1 Å². The molecule has 0 aliphatic heterocycles. The third kappa shape index (κ3) is 2.61. The fourth-order valence-corrected chi connectivity index (χ4v) is 5.61. The summed E-state index contributed by atoms with van der Waals surface area (Å²) in [5.41, 5.74) is -0.638. The molecule has 0 aromatic rings. The summed E-state index contributed by atoms with van der Waals surface area (Å²) < 4.78 is 0. The molecule has 23 heavy (non-hydrogen) atoms. The molecule has 2 saturated carbocycles. The van der Waals surface area contributed by atoms with Crippen molar-refractivity contribution in [1.82, 2.24) is 0 Å². The summed E-state index contributed by atoms with van der Waals surface area (Å²) in [6, 6.07) is 0.